The Balaban J connectivity index is 0.974. The lowest BCUT2D eigenvalue weighted by Crippen LogP contribution is -2.26. The van der Waals surface area contributed by atoms with Crippen LogP contribution in [0.25, 0.3) is 81.0 Å². The zero-order valence-electron chi connectivity index (χ0n) is 33.4. The van der Waals surface area contributed by atoms with Crippen LogP contribution >= 0.6 is 11.3 Å². The van der Waals surface area contributed by atoms with Gasteiger partial charge in [-0.2, -0.15) is 0 Å². The Hall–Kier alpha value is -7.20. The third kappa shape index (κ3) is 5.33. The minimum atomic E-state index is -0.190. The standard InChI is InChI=1S/C57H40N2S/c1-57(2)49-34-27-42(35-52(49)59-51-19-11-9-18-47(51)54-55(59)50(57)36-48-46-17-10-12-20-53(46)60-56(48)54)41-25-32-45(33-26-41)58(43-28-21-39(22-29-43)37-13-5-3-6-14-37)44-30-23-40(24-31-44)38-15-7-4-8-16-38/h3-36H,1-2H3. The molecule has 0 radical (unpaired) electrons. The number of aromatic nitrogens is 1. The summed E-state index contributed by atoms with van der Waals surface area (Å²) in [5, 5.41) is 5.40. The second-order valence-electron chi connectivity index (χ2n) is 16.5. The monoisotopic (exact) mass is 784 g/mol. The summed E-state index contributed by atoms with van der Waals surface area (Å²) in [6, 6.07) is 75.7. The maximum atomic E-state index is 2.56. The highest BCUT2D eigenvalue weighted by molar-refractivity contribution is 7.26. The predicted octanol–water partition coefficient (Wildman–Crippen LogP) is 16.3. The first-order valence-electron chi connectivity index (χ1n) is 20.8. The van der Waals surface area contributed by atoms with Crippen molar-refractivity contribution in [3.8, 4) is 39.1 Å². The first kappa shape index (κ1) is 34.8. The first-order chi connectivity index (χ1) is 29.5. The molecule has 0 spiro atoms. The molecule has 0 saturated carbocycles. The van der Waals surface area contributed by atoms with Crippen molar-refractivity contribution in [1.82, 2.24) is 4.57 Å². The maximum Gasteiger partial charge on any atom is 0.0596 e. The number of fused-ring (bicyclic) bond motifs is 9. The van der Waals surface area contributed by atoms with Crippen LogP contribution in [0.2, 0.25) is 0 Å². The van der Waals surface area contributed by atoms with Gasteiger partial charge in [0.2, 0.25) is 0 Å². The molecule has 0 atom stereocenters. The minimum Gasteiger partial charge on any atom is -0.311 e. The van der Waals surface area contributed by atoms with E-state index in [9.17, 15) is 0 Å². The van der Waals surface area contributed by atoms with Crippen molar-refractivity contribution in [2.24, 2.45) is 0 Å². The second-order valence-corrected chi connectivity index (χ2v) is 17.6. The molecule has 12 rings (SSSR count). The van der Waals surface area contributed by atoms with Crippen LogP contribution < -0.4 is 4.90 Å². The number of nitrogens with zero attached hydrogens (tertiary/aromatic N) is 2. The quantitative estimate of drug-likeness (QED) is 0.163. The normalized spacial score (nSPS) is 13.0. The van der Waals surface area contributed by atoms with Gasteiger partial charge in [0.05, 0.1) is 16.7 Å². The SMILES string of the molecule is CC1(C)c2ccc(-c3ccc(N(c4ccc(-c5ccccc5)cc4)c4ccc(-c5ccccc5)cc4)cc3)cc2-n2c3ccccc3c3c4sc5ccccc5c4cc1c32. The lowest BCUT2D eigenvalue weighted by atomic mass is 9.74. The van der Waals surface area contributed by atoms with Crippen molar-refractivity contribution in [3.63, 3.8) is 0 Å². The molecule has 0 amide bonds. The lowest BCUT2D eigenvalue weighted by molar-refractivity contribution is 0.631. The molecule has 1 aliphatic heterocycles. The summed E-state index contributed by atoms with van der Waals surface area (Å²) in [7, 11) is 0. The molecule has 0 saturated heterocycles. The van der Waals surface area contributed by atoms with E-state index in [4.69, 9.17) is 0 Å². The topological polar surface area (TPSA) is 8.17 Å². The van der Waals surface area contributed by atoms with Gasteiger partial charge in [-0.25, -0.2) is 0 Å². The van der Waals surface area contributed by atoms with Crippen LogP contribution in [-0.4, -0.2) is 4.57 Å². The van der Waals surface area contributed by atoms with Gasteiger partial charge in [-0.3, -0.25) is 0 Å². The fraction of sp³-hybridized carbons (Fsp3) is 0.0526. The summed E-state index contributed by atoms with van der Waals surface area (Å²) in [6.07, 6.45) is 0. The molecule has 0 aliphatic carbocycles. The van der Waals surface area contributed by atoms with Gasteiger partial charge in [-0.05, 0) is 105 Å². The highest BCUT2D eigenvalue weighted by Gasteiger charge is 2.36. The van der Waals surface area contributed by atoms with Crippen molar-refractivity contribution >= 4 is 70.4 Å². The lowest BCUT2D eigenvalue weighted by Gasteiger charge is -2.35. The van der Waals surface area contributed by atoms with Gasteiger partial charge in [0.25, 0.3) is 0 Å². The largest absolute Gasteiger partial charge is 0.311 e. The van der Waals surface area contributed by atoms with Crippen LogP contribution in [0.5, 0.6) is 0 Å². The Labute approximate surface area is 353 Å². The molecular weight excluding hydrogens is 745 g/mol. The Morgan fingerprint density at radius 3 is 1.50 bits per heavy atom. The number of hydrogen-bond acceptors (Lipinski definition) is 2. The van der Waals surface area contributed by atoms with E-state index >= 15 is 0 Å². The number of hydrogen-bond donors (Lipinski definition) is 0. The van der Waals surface area contributed by atoms with Gasteiger partial charge in [0.15, 0.2) is 0 Å². The fourth-order valence-corrected chi connectivity index (χ4v) is 11.0. The molecule has 9 aromatic carbocycles. The van der Waals surface area contributed by atoms with E-state index in [1.54, 1.807) is 0 Å². The Kier molecular flexibility index (Phi) is 7.79. The average molecular weight is 785 g/mol. The average Bonchev–Trinajstić information content (AvgIpc) is 3.86. The molecule has 1 aliphatic rings. The van der Waals surface area contributed by atoms with Crippen molar-refractivity contribution < 1.29 is 0 Å². The molecule has 0 bridgehead atoms. The summed E-state index contributed by atoms with van der Waals surface area (Å²) in [5.41, 5.74) is 17.0. The van der Waals surface area contributed by atoms with Crippen molar-refractivity contribution in [2.45, 2.75) is 19.3 Å². The van der Waals surface area contributed by atoms with Crippen LogP contribution in [0, 0.1) is 0 Å². The molecule has 3 heteroatoms. The third-order valence-corrected chi connectivity index (χ3v) is 14.0. The second kappa shape index (κ2) is 13.4. The van der Waals surface area contributed by atoms with E-state index in [0.717, 1.165) is 17.1 Å². The van der Waals surface area contributed by atoms with Crippen LogP contribution in [0.3, 0.4) is 0 Å². The van der Waals surface area contributed by atoms with E-state index in [0.29, 0.717) is 0 Å². The highest BCUT2D eigenvalue weighted by atomic mass is 32.1. The van der Waals surface area contributed by atoms with Gasteiger partial charge in [-0.1, -0.05) is 159 Å². The zero-order chi connectivity index (χ0) is 40.0. The molecule has 284 valence electrons. The fourth-order valence-electron chi connectivity index (χ4n) is 9.75. The summed E-state index contributed by atoms with van der Waals surface area (Å²) >= 11 is 1.93. The molecule has 0 unspecified atom stereocenters. The highest BCUT2D eigenvalue weighted by Crippen LogP contribution is 2.52. The van der Waals surface area contributed by atoms with Crippen molar-refractivity contribution in [3.05, 3.63) is 217 Å². The summed E-state index contributed by atoms with van der Waals surface area (Å²) in [6.45, 7) is 4.81. The van der Waals surface area contributed by atoms with Crippen LogP contribution in [0.4, 0.5) is 17.1 Å². The van der Waals surface area contributed by atoms with Gasteiger partial charge in [0, 0.05) is 53.4 Å². The molecule has 2 nitrogen and oxygen atoms in total. The summed E-state index contributed by atoms with van der Waals surface area (Å²) in [4.78, 5) is 2.36. The van der Waals surface area contributed by atoms with Crippen molar-refractivity contribution in [2.75, 3.05) is 4.90 Å². The Morgan fingerprint density at radius 2 is 0.900 bits per heavy atom. The Morgan fingerprint density at radius 1 is 0.417 bits per heavy atom. The van der Waals surface area contributed by atoms with E-state index in [1.165, 1.54) is 92.2 Å². The van der Waals surface area contributed by atoms with Crippen LogP contribution in [-0.2, 0) is 5.41 Å². The smallest absolute Gasteiger partial charge is 0.0596 e. The zero-order valence-corrected chi connectivity index (χ0v) is 34.2. The minimum absolute atomic E-state index is 0.190. The van der Waals surface area contributed by atoms with Crippen molar-refractivity contribution in [1.29, 1.82) is 0 Å². The van der Waals surface area contributed by atoms with Gasteiger partial charge >= 0.3 is 0 Å². The first-order valence-corrected chi connectivity index (χ1v) is 21.6. The summed E-state index contributed by atoms with van der Waals surface area (Å²) < 4.78 is 5.28. The number of anilines is 3. The van der Waals surface area contributed by atoms with Crippen LogP contribution in [0.15, 0.2) is 206 Å². The summed E-state index contributed by atoms with van der Waals surface area (Å²) in [5.74, 6) is 0. The van der Waals surface area contributed by atoms with E-state index in [-0.39, 0.29) is 5.41 Å². The number of benzene rings is 9. The van der Waals surface area contributed by atoms with Crippen LogP contribution in [0.1, 0.15) is 25.0 Å². The molecule has 0 fully saturated rings. The van der Waals surface area contributed by atoms with Gasteiger partial charge in [0.1, 0.15) is 0 Å². The Bertz CT molecular complexity index is 3330. The molecule has 2 aromatic heterocycles. The van der Waals surface area contributed by atoms with Gasteiger partial charge < -0.3 is 9.47 Å². The predicted molar refractivity (Wildman–Crippen MR) is 257 cm³/mol. The third-order valence-electron chi connectivity index (χ3n) is 12.8. The molecule has 0 N–H and O–H groups in total. The number of thiophene rings is 1. The molecular formula is C57H40N2S. The van der Waals surface area contributed by atoms with E-state index < -0.39 is 0 Å². The van der Waals surface area contributed by atoms with E-state index in [1.807, 2.05) is 11.3 Å². The number of rotatable bonds is 6. The maximum absolute atomic E-state index is 2.56. The molecule has 60 heavy (non-hydrogen) atoms. The van der Waals surface area contributed by atoms with Gasteiger partial charge in [-0.15, -0.1) is 11.3 Å². The number of para-hydroxylation sites is 1. The molecule has 3 heterocycles. The molecule has 11 aromatic rings. The van der Waals surface area contributed by atoms with E-state index in [2.05, 4.69) is 230 Å².